The van der Waals surface area contributed by atoms with Crippen molar-refractivity contribution >= 4 is 11.8 Å². The van der Waals surface area contributed by atoms with Crippen LogP contribution in [0.15, 0.2) is 48.5 Å². The van der Waals surface area contributed by atoms with E-state index < -0.39 is 12.0 Å². The fourth-order valence-electron chi connectivity index (χ4n) is 2.60. The van der Waals surface area contributed by atoms with E-state index in [-0.39, 0.29) is 11.3 Å². The van der Waals surface area contributed by atoms with Crippen molar-refractivity contribution in [3.8, 4) is 5.75 Å². The van der Waals surface area contributed by atoms with Gasteiger partial charge in [-0.05, 0) is 53.6 Å². The highest BCUT2D eigenvalue weighted by Crippen LogP contribution is 2.22. The number of hydrazine groups is 1. The lowest BCUT2D eigenvalue weighted by molar-refractivity contribution is -0.128. The molecule has 0 fully saturated rings. The summed E-state index contributed by atoms with van der Waals surface area (Å²) in [6.07, 6.45) is -0.742. The zero-order valence-electron chi connectivity index (χ0n) is 17.5. The van der Waals surface area contributed by atoms with Gasteiger partial charge in [0.05, 0.1) is 0 Å². The first-order valence-corrected chi connectivity index (χ1v) is 9.55. The Morgan fingerprint density at radius 1 is 0.857 bits per heavy atom. The fourth-order valence-corrected chi connectivity index (χ4v) is 2.60. The molecule has 150 valence electrons. The Hall–Kier alpha value is -2.82. The van der Waals surface area contributed by atoms with E-state index in [1.54, 1.807) is 19.1 Å². The predicted molar refractivity (Wildman–Crippen MR) is 111 cm³/mol. The molecule has 0 aliphatic rings. The highest BCUT2D eigenvalue weighted by molar-refractivity contribution is 5.95. The van der Waals surface area contributed by atoms with E-state index in [0.29, 0.717) is 17.2 Å². The zero-order chi connectivity index (χ0) is 20.9. The third-order valence-corrected chi connectivity index (χ3v) is 4.54. The molecule has 0 aromatic heterocycles. The van der Waals surface area contributed by atoms with Gasteiger partial charge in [-0.3, -0.25) is 20.4 Å². The number of rotatable bonds is 5. The van der Waals surface area contributed by atoms with Gasteiger partial charge < -0.3 is 4.74 Å². The second kappa shape index (κ2) is 8.91. The largest absolute Gasteiger partial charge is 0.481 e. The molecule has 28 heavy (non-hydrogen) atoms. The minimum Gasteiger partial charge on any atom is -0.481 e. The Kier molecular flexibility index (Phi) is 6.84. The fraction of sp³-hybridized carbons (Fsp3) is 0.391. The third-order valence-electron chi connectivity index (χ3n) is 4.54. The lowest BCUT2D eigenvalue weighted by Crippen LogP contribution is -2.47. The van der Waals surface area contributed by atoms with Crippen LogP contribution in [0.4, 0.5) is 0 Å². The number of benzene rings is 2. The quantitative estimate of drug-likeness (QED) is 0.756. The Balaban J connectivity index is 1.87. The summed E-state index contributed by atoms with van der Waals surface area (Å²) in [5, 5.41) is 0. The Morgan fingerprint density at radius 2 is 1.43 bits per heavy atom. The van der Waals surface area contributed by atoms with Gasteiger partial charge in [-0.15, -0.1) is 0 Å². The highest BCUT2D eigenvalue weighted by Gasteiger charge is 2.17. The van der Waals surface area contributed by atoms with Crippen LogP contribution >= 0.6 is 0 Å². The standard InChI is InChI=1S/C23H30N2O3/c1-15(2)17-9-13-20(14-10-17)28-16(3)21(26)24-25-22(27)18-7-11-19(12-8-18)23(4,5)6/h7-16H,1-6H3,(H,24,26)(H,25,27)/t16-/m0/s1. The van der Waals surface area contributed by atoms with Crippen LogP contribution < -0.4 is 15.6 Å². The minimum absolute atomic E-state index is 0.0172. The molecule has 2 rings (SSSR count). The summed E-state index contributed by atoms with van der Waals surface area (Å²) in [6.45, 7) is 12.2. The number of amides is 2. The molecule has 0 saturated heterocycles. The maximum Gasteiger partial charge on any atom is 0.279 e. The van der Waals surface area contributed by atoms with Gasteiger partial charge in [0, 0.05) is 5.56 Å². The first kappa shape index (κ1) is 21.5. The van der Waals surface area contributed by atoms with Crippen molar-refractivity contribution in [3.05, 3.63) is 65.2 Å². The molecule has 1 atom stereocenters. The third kappa shape index (κ3) is 5.84. The van der Waals surface area contributed by atoms with Crippen LogP contribution in [0, 0.1) is 0 Å². The smallest absolute Gasteiger partial charge is 0.279 e. The number of carbonyl (C=O) groups is 2. The lowest BCUT2D eigenvalue weighted by atomic mass is 9.87. The van der Waals surface area contributed by atoms with Gasteiger partial charge in [0.1, 0.15) is 5.75 Å². The monoisotopic (exact) mass is 382 g/mol. The van der Waals surface area contributed by atoms with E-state index in [0.717, 1.165) is 5.56 Å². The summed E-state index contributed by atoms with van der Waals surface area (Å²) < 4.78 is 5.64. The van der Waals surface area contributed by atoms with Crippen molar-refractivity contribution < 1.29 is 14.3 Å². The first-order valence-electron chi connectivity index (χ1n) is 9.55. The molecule has 5 nitrogen and oxygen atoms in total. The van der Waals surface area contributed by atoms with Crippen molar-refractivity contribution in [1.82, 2.24) is 10.9 Å². The SMILES string of the molecule is CC(C)c1ccc(O[C@@H](C)C(=O)NNC(=O)c2ccc(C(C)(C)C)cc2)cc1. The van der Waals surface area contributed by atoms with Gasteiger partial charge in [-0.25, -0.2) is 0 Å². The molecule has 0 aliphatic carbocycles. The van der Waals surface area contributed by atoms with E-state index in [1.165, 1.54) is 5.56 Å². The van der Waals surface area contributed by atoms with Gasteiger partial charge in [0.25, 0.3) is 11.8 Å². The molecular weight excluding hydrogens is 352 g/mol. The molecule has 0 bridgehead atoms. The van der Waals surface area contributed by atoms with Crippen LogP contribution in [-0.2, 0) is 10.2 Å². The molecule has 0 radical (unpaired) electrons. The zero-order valence-corrected chi connectivity index (χ0v) is 17.5. The van der Waals surface area contributed by atoms with E-state index in [2.05, 4.69) is 45.5 Å². The van der Waals surface area contributed by atoms with E-state index in [4.69, 9.17) is 4.74 Å². The van der Waals surface area contributed by atoms with Crippen molar-refractivity contribution in [2.75, 3.05) is 0 Å². The average molecular weight is 383 g/mol. The van der Waals surface area contributed by atoms with Crippen LogP contribution in [0.3, 0.4) is 0 Å². The van der Waals surface area contributed by atoms with E-state index >= 15 is 0 Å². The van der Waals surface area contributed by atoms with Crippen LogP contribution in [0.1, 0.15) is 68.9 Å². The van der Waals surface area contributed by atoms with Crippen molar-refractivity contribution in [2.24, 2.45) is 0 Å². The molecule has 2 aromatic carbocycles. The second-order valence-corrected chi connectivity index (χ2v) is 8.25. The summed E-state index contributed by atoms with van der Waals surface area (Å²) in [4.78, 5) is 24.4. The van der Waals surface area contributed by atoms with E-state index in [1.807, 2.05) is 36.4 Å². The molecule has 0 heterocycles. The molecule has 0 aliphatic heterocycles. The van der Waals surface area contributed by atoms with Gasteiger partial charge in [0.15, 0.2) is 6.10 Å². The van der Waals surface area contributed by atoms with Crippen molar-refractivity contribution in [3.63, 3.8) is 0 Å². The number of hydrogen-bond donors (Lipinski definition) is 2. The summed E-state index contributed by atoms with van der Waals surface area (Å²) in [5.74, 6) is 0.244. The van der Waals surface area contributed by atoms with Crippen LogP contribution in [0.5, 0.6) is 5.75 Å². The van der Waals surface area contributed by atoms with Gasteiger partial charge >= 0.3 is 0 Å². The van der Waals surface area contributed by atoms with Crippen molar-refractivity contribution in [1.29, 1.82) is 0 Å². The molecule has 5 heteroatoms. The van der Waals surface area contributed by atoms with E-state index in [9.17, 15) is 9.59 Å². The maximum absolute atomic E-state index is 12.2. The topological polar surface area (TPSA) is 67.4 Å². The number of carbonyl (C=O) groups excluding carboxylic acids is 2. The number of ether oxygens (including phenoxy) is 1. The molecule has 0 unspecified atom stereocenters. The highest BCUT2D eigenvalue weighted by atomic mass is 16.5. The first-order chi connectivity index (χ1) is 13.1. The Morgan fingerprint density at radius 3 is 1.93 bits per heavy atom. The van der Waals surface area contributed by atoms with Gasteiger partial charge in [-0.1, -0.05) is 58.9 Å². The number of hydrogen-bond acceptors (Lipinski definition) is 3. The minimum atomic E-state index is -0.742. The summed E-state index contributed by atoms with van der Waals surface area (Å²) >= 11 is 0. The normalized spacial score (nSPS) is 12.4. The van der Waals surface area contributed by atoms with Crippen LogP contribution in [-0.4, -0.2) is 17.9 Å². The number of nitrogens with one attached hydrogen (secondary N) is 2. The molecule has 2 N–H and O–H groups in total. The van der Waals surface area contributed by atoms with Crippen molar-refractivity contribution in [2.45, 2.75) is 59.0 Å². The molecular formula is C23H30N2O3. The van der Waals surface area contributed by atoms with Gasteiger partial charge in [-0.2, -0.15) is 0 Å². The van der Waals surface area contributed by atoms with Crippen LogP contribution in [0.2, 0.25) is 0 Å². The lowest BCUT2D eigenvalue weighted by Gasteiger charge is -2.19. The Labute approximate surface area is 167 Å². The molecule has 0 spiro atoms. The molecule has 2 aromatic rings. The Bertz CT molecular complexity index is 803. The molecule has 2 amide bonds. The second-order valence-electron chi connectivity index (χ2n) is 8.25. The van der Waals surface area contributed by atoms with Crippen LogP contribution in [0.25, 0.3) is 0 Å². The molecule has 0 saturated carbocycles. The summed E-state index contributed by atoms with van der Waals surface area (Å²) in [7, 11) is 0. The summed E-state index contributed by atoms with van der Waals surface area (Å²) in [6, 6.07) is 15.0. The van der Waals surface area contributed by atoms with Gasteiger partial charge in [0.2, 0.25) is 0 Å². The average Bonchev–Trinajstić information content (AvgIpc) is 2.65. The summed E-state index contributed by atoms with van der Waals surface area (Å²) in [5.41, 5.74) is 7.68. The maximum atomic E-state index is 12.2. The predicted octanol–water partition coefficient (Wildman–Crippen LogP) is 4.34.